The van der Waals surface area contributed by atoms with Gasteiger partial charge in [-0.1, -0.05) is 146 Å². The Kier molecular flexibility index (Phi) is 11.3. The van der Waals surface area contributed by atoms with Crippen molar-refractivity contribution >= 4 is 37.9 Å². The molecule has 0 radical (unpaired) electrons. The van der Waals surface area contributed by atoms with Gasteiger partial charge in [-0.25, -0.2) is 9.13 Å². The van der Waals surface area contributed by atoms with Gasteiger partial charge in [-0.05, 0) is 96.9 Å². The van der Waals surface area contributed by atoms with Crippen molar-refractivity contribution in [3.05, 3.63) is 168 Å². The van der Waals surface area contributed by atoms with Crippen molar-refractivity contribution in [3.63, 3.8) is 0 Å². The molecule has 2 unspecified atom stereocenters. The third kappa shape index (κ3) is 7.58. The number of rotatable bonds is 10. The Balaban J connectivity index is 0.000000172. The monoisotopic (exact) mass is 792 g/mol. The lowest BCUT2D eigenvalue weighted by Crippen LogP contribution is -2.30. The van der Waals surface area contributed by atoms with Gasteiger partial charge in [0.15, 0.2) is 0 Å². The van der Waals surface area contributed by atoms with Crippen LogP contribution in [0.4, 0.5) is 0 Å². The summed E-state index contributed by atoms with van der Waals surface area (Å²) in [5, 5.41) is 0. The fraction of sp³-hybridized carbons (Fsp3) is 0.304. The summed E-state index contributed by atoms with van der Waals surface area (Å²) in [6.07, 6.45) is 3.25. The molecule has 292 valence electrons. The molecule has 4 aromatic carbocycles. The minimum absolute atomic E-state index is 0.0389. The lowest BCUT2D eigenvalue weighted by molar-refractivity contribution is 0.0958. The molecule has 4 N–H and O–H groups in total. The fourth-order valence-corrected chi connectivity index (χ4v) is 11.9. The maximum atomic E-state index is 11.6. The molecule has 4 aliphatic rings. The molecule has 0 aromatic heterocycles. The number of allylic oxidation sites excluding steroid dienone is 6. The molecule has 0 aliphatic heterocycles. The molecule has 4 aromatic rings. The van der Waals surface area contributed by atoms with Crippen LogP contribution in [0, 0.1) is 22.7 Å². The van der Waals surface area contributed by atoms with Crippen LogP contribution in [-0.4, -0.2) is 31.8 Å². The summed E-state index contributed by atoms with van der Waals surface area (Å²) in [7, 11) is -9.11. The van der Waals surface area contributed by atoms with Gasteiger partial charge in [-0.3, -0.25) is 9.05 Å². The van der Waals surface area contributed by atoms with Crippen LogP contribution >= 0.6 is 15.6 Å². The van der Waals surface area contributed by atoms with Crippen molar-refractivity contribution in [1.82, 2.24) is 0 Å². The second-order valence-electron chi connectivity index (χ2n) is 15.6. The van der Waals surface area contributed by atoms with E-state index >= 15 is 0 Å². The van der Waals surface area contributed by atoms with Gasteiger partial charge >= 0.3 is 15.6 Å². The molecule has 0 saturated heterocycles. The zero-order chi connectivity index (χ0) is 39.9. The van der Waals surface area contributed by atoms with Gasteiger partial charge in [-0.2, -0.15) is 0 Å². The van der Waals surface area contributed by atoms with E-state index in [9.17, 15) is 28.7 Å². The Bertz CT molecular complexity index is 2080. The largest absolute Gasteiger partial charge is 0.469 e. The number of phosphoric ester groups is 2. The summed E-state index contributed by atoms with van der Waals surface area (Å²) in [4.78, 5) is 37.8. The van der Waals surface area contributed by atoms with Gasteiger partial charge in [0.05, 0.1) is 12.2 Å². The highest BCUT2D eigenvalue weighted by atomic mass is 31.2. The summed E-state index contributed by atoms with van der Waals surface area (Å²) in [6.45, 7) is 13.2. The molecule has 4 aliphatic carbocycles. The number of benzene rings is 4. The average molecular weight is 793 g/mol. The van der Waals surface area contributed by atoms with Gasteiger partial charge in [0.1, 0.15) is 0 Å². The van der Waals surface area contributed by atoms with E-state index in [1.807, 2.05) is 72.8 Å². The molecule has 56 heavy (non-hydrogen) atoms. The quantitative estimate of drug-likeness (QED) is 0.117. The van der Waals surface area contributed by atoms with Crippen molar-refractivity contribution in [2.45, 2.75) is 64.6 Å². The summed E-state index contributed by atoms with van der Waals surface area (Å²) in [5.41, 5.74) is 10.6. The van der Waals surface area contributed by atoms with E-state index in [0.29, 0.717) is 12.8 Å². The predicted molar refractivity (Wildman–Crippen MR) is 222 cm³/mol. The molecule has 0 spiro atoms. The van der Waals surface area contributed by atoms with Crippen LogP contribution in [0.3, 0.4) is 0 Å². The molecule has 2 fully saturated rings. The molecular formula is C46H50O8P2. The summed E-state index contributed by atoms with van der Waals surface area (Å²) >= 11 is 0. The van der Waals surface area contributed by atoms with Crippen molar-refractivity contribution in [2.75, 3.05) is 0 Å². The van der Waals surface area contributed by atoms with Crippen LogP contribution in [0.15, 0.2) is 146 Å². The molecule has 8 nitrogen and oxygen atoms in total. The molecular weight excluding hydrogens is 742 g/mol. The van der Waals surface area contributed by atoms with E-state index in [4.69, 9.17) is 9.05 Å². The highest BCUT2D eigenvalue weighted by Gasteiger charge is 2.59. The van der Waals surface area contributed by atoms with Crippen LogP contribution in [0.2, 0.25) is 0 Å². The first-order chi connectivity index (χ1) is 26.7. The molecule has 0 heterocycles. The Morgan fingerprint density at radius 2 is 0.857 bits per heavy atom. The maximum absolute atomic E-state index is 11.6. The summed E-state index contributed by atoms with van der Waals surface area (Å²) in [6, 6.07) is 40.7. The normalized spacial score (nSPS) is 27.1. The average Bonchev–Trinajstić information content (AvgIpc) is 3.88. The van der Waals surface area contributed by atoms with Crippen LogP contribution in [-0.2, 0) is 18.2 Å². The van der Waals surface area contributed by atoms with Crippen molar-refractivity contribution in [2.24, 2.45) is 22.7 Å². The first kappa shape index (κ1) is 40.3. The fourth-order valence-electron chi connectivity index (χ4n) is 10.7. The third-order valence-corrected chi connectivity index (χ3v) is 13.7. The first-order valence-electron chi connectivity index (χ1n) is 19.1. The van der Waals surface area contributed by atoms with E-state index in [0.717, 1.165) is 59.1 Å². The molecule has 10 heteroatoms. The van der Waals surface area contributed by atoms with Gasteiger partial charge in [-0.15, -0.1) is 0 Å². The van der Waals surface area contributed by atoms with E-state index in [-0.39, 0.29) is 22.7 Å². The Morgan fingerprint density at radius 3 is 1.16 bits per heavy atom. The molecule has 0 bridgehead atoms. The van der Waals surface area contributed by atoms with Gasteiger partial charge in [0, 0.05) is 22.7 Å². The zero-order valence-corrected chi connectivity index (χ0v) is 33.6. The zero-order valence-electron chi connectivity index (χ0n) is 31.8. The Hall–Kier alpha value is -3.94. The Labute approximate surface area is 329 Å². The topological polar surface area (TPSA) is 134 Å². The van der Waals surface area contributed by atoms with Gasteiger partial charge < -0.3 is 19.6 Å². The highest BCUT2D eigenvalue weighted by molar-refractivity contribution is 7.46. The van der Waals surface area contributed by atoms with E-state index in [1.54, 1.807) is 0 Å². The van der Waals surface area contributed by atoms with Gasteiger partial charge in [0.2, 0.25) is 0 Å². The van der Waals surface area contributed by atoms with Crippen LogP contribution in [0.25, 0.3) is 22.3 Å². The lowest BCUT2D eigenvalue weighted by Gasteiger charge is -2.37. The van der Waals surface area contributed by atoms with E-state index in [2.05, 4.69) is 75.5 Å². The molecule has 6 atom stereocenters. The van der Waals surface area contributed by atoms with Crippen molar-refractivity contribution in [1.29, 1.82) is 0 Å². The maximum Gasteiger partial charge on any atom is 0.469 e. The number of fused-ring (bicyclic) bond motifs is 2. The van der Waals surface area contributed by atoms with Crippen molar-refractivity contribution in [3.8, 4) is 0 Å². The predicted octanol–water partition coefficient (Wildman–Crippen LogP) is 10.9. The number of hydrogen-bond donors (Lipinski definition) is 4. The van der Waals surface area contributed by atoms with Crippen LogP contribution in [0.5, 0.6) is 0 Å². The minimum atomic E-state index is -4.56. The molecule has 2 saturated carbocycles. The Morgan fingerprint density at radius 1 is 0.554 bits per heavy atom. The SMILES string of the molecule is C=C(c1ccccc1)[C@@]12CC[C@@H](OP(=O)(O)O)C1CC(C)=C2c1ccccc1.C=C(c1ccccc1)[C@@]12CC[C@H](OP(=O)(O)O)C1CC(C)=C2c1ccccc1. The first-order valence-corrected chi connectivity index (χ1v) is 22.2. The number of hydrogen-bond acceptors (Lipinski definition) is 4. The van der Waals surface area contributed by atoms with Crippen LogP contribution < -0.4 is 0 Å². The van der Waals surface area contributed by atoms with E-state index < -0.39 is 27.9 Å². The lowest BCUT2D eigenvalue weighted by atomic mass is 9.66. The summed E-state index contributed by atoms with van der Waals surface area (Å²) < 4.78 is 33.7. The summed E-state index contributed by atoms with van der Waals surface area (Å²) in [5.74, 6) is -0.0777. The standard InChI is InChI=1S/2C23H25O4P/c2*1-16-15-20-21(27-28(24,25)26)13-14-23(20,17(2)18-9-5-3-6-10-18)22(16)19-11-7-4-8-12-19/h2*3-12,20-21H,2,13-15H2,1H3,(H2,24,25,26)/t20?,21-,23+;20?,21-,23-/m10/s1. The van der Waals surface area contributed by atoms with E-state index in [1.165, 1.54) is 22.3 Å². The third-order valence-electron chi connectivity index (χ3n) is 12.6. The molecule has 8 rings (SSSR count). The van der Waals surface area contributed by atoms with Gasteiger partial charge in [0.25, 0.3) is 0 Å². The second kappa shape index (κ2) is 15.8. The smallest absolute Gasteiger partial charge is 0.303 e. The highest BCUT2D eigenvalue weighted by Crippen LogP contribution is 2.68. The number of phosphoric acid groups is 2. The molecule has 0 amide bonds. The second-order valence-corrected chi connectivity index (χ2v) is 18.0. The van der Waals surface area contributed by atoms with Crippen molar-refractivity contribution < 1.29 is 37.8 Å². The minimum Gasteiger partial charge on any atom is -0.303 e. The van der Waals surface area contributed by atoms with Crippen LogP contribution in [0.1, 0.15) is 74.6 Å².